The zero-order valence-corrected chi connectivity index (χ0v) is 13.3. The van der Waals surface area contributed by atoms with Crippen LogP contribution in [-0.4, -0.2) is 31.3 Å². The largest absolute Gasteiger partial charge is 0.330 e. The Kier molecular flexibility index (Phi) is 15.8. The lowest BCUT2D eigenvalue weighted by Crippen LogP contribution is -2.28. The minimum atomic E-state index is 0.751. The topological polar surface area (TPSA) is 38.5 Å². The predicted molar refractivity (Wildman–Crippen MR) is 84.1 cm³/mol. The standard InChI is InChI=1S/C16H36N2O/c1-3-5-6-7-8-9-10-11-16-19-18(14-4-2)15-12-13-17/h3-17H2,1-2H3. The molecule has 0 saturated heterocycles. The van der Waals surface area contributed by atoms with Gasteiger partial charge in [0.25, 0.3) is 0 Å². The molecule has 0 spiro atoms. The summed E-state index contributed by atoms with van der Waals surface area (Å²) in [6.07, 6.45) is 13.0. The molecule has 0 aliphatic carbocycles. The monoisotopic (exact) mass is 272 g/mol. The highest BCUT2D eigenvalue weighted by molar-refractivity contribution is 4.48. The smallest absolute Gasteiger partial charge is 0.0685 e. The number of hydrogen-bond donors (Lipinski definition) is 1. The van der Waals surface area contributed by atoms with Crippen molar-refractivity contribution in [2.24, 2.45) is 5.73 Å². The molecule has 0 aromatic rings. The average Bonchev–Trinajstić information content (AvgIpc) is 2.42. The van der Waals surface area contributed by atoms with Gasteiger partial charge in [0.05, 0.1) is 6.61 Å². The highest BCUT2D eigenvalue weighted by Gasteiger charge is 2.02. The van der Waals surface area contributed by atoms with Crippen LogP contribution in [0.3, 0.4) is 0 Å². The fraction of sp³-hybridized carbons (Fsp3) is 1.00. The Morgan fingerprint density at radius 1 is 0.737 bits per heavy atom. The molecule has 0 unspecified atom stereocenters. The quantitative estimate of drug-likeness (QED) is 0.360. The van der Waals surface area contributed by atoms with E-state index in [9.17, 15) is 0 Å². The summed E-state index contributed by atoms with van der Waals surface area (Å²) in [5.41, 5.74) is 5.54. The van der Waals surface area contributed by atoms with Crippen molar-refractivity contribution in [3.63, 3.8) is 0 Å². The Balaban J connectivity index is 3.29. The van der Waals surface area contributed by atoms with Gasteiger partial charge in [0.15, 0.2) is 0 Å². The van der Waals surface area contributed by atoms with Gasteiger partial charge >= 0.3 is 0 Å². The van der Waals surface area contributed by atoms with Crippen LogP contribution in [0.4, 0.5) is 0 Å². The molecule has 0 rings (SSSR count). The summed E-state index contributed by atoms with van der Waals surface area (Å²) in [5.74, 6) is 0. The van der Waals surface area contributed by atoms with Crippen LogP contribution in [0.2, 0.25) is 0 Å². The molecule has 0 aromatic carbocycles. The predicted octanol–water partition coefficient (Wildman–Crippen LogP) is 4.12. The van der Waals surface area contributed by atoms with Gasteiger partial charge in [-0.05, 0) is 25.8 Å². The summed E-state index contributed by atoms with van der Waals surface area (Å²) in [5, 5.41) is 2.09. The van der Waals surface area contributed by atoms with Crippen molar-refractivity contribution in [3.05, 3.63) is 0 Å². The van der Waals surface area contributed by atoms with Crippen LogP contribution in [0.5, 0.6) is 0 Å². The zero-order valence-electron chi connectivity index (χ0n) is 13.3. The summed E-state index contributed by atoms with van der Waals surface area (Å²) in [7, 11) is 0. The van der Waals surface area contributed by atoms with Crippen LogP contribution >= 0.6 is 0 Å². The second-order valence-electron chi connectivity index (χ2n) is 5.38. The molecule has 0 saturated carbocycles. The van der Waals surface area contributed by atoms with Crippen LogP contribution in [0.1, 0.15) is 78.1 Å². The molecule has 0 fully saturated rings. The Labute approximate surface area is 120 Å². The van der Waals surface area contributed by atoms with E-state index in [4.69, 9.17) is 10.6 Å². The van der Waals surface area contributed by atoms with Gasteiger partial charge in [-0.25, -0.2) is 0 Å². The van der Waals surface area contributed by atoms with Crippen molar-refractivity contribution in [2.75, 3.05) is 26.2 Å². The molecule has 0 bridgehead atoms. The van der Waals surface area contributed by atoms with E-state index in [0.29, 0.717) is 0 Å². The molecule has 2 N–H and O–H groups in total. The number of rotatable bonds is 15. The van der Waals surface area contributed by atoms with Gasteiger partial charge in [0.1, 0.15) is 0 Å². The first-order valence-electron chi connectivity index (χ1n) is 8.43. The summed E-state index contributed by atoms with van der Waals surface area (Å²) in [4.78, 5) is 5.81. The van der Waals surface area contributed by atoms with Crippen LogP contribution in [0.15, 0.2) is 0 Å². The second-order valence-corrected chi connectivity index (χ2v) is 5.38. The number of hydroxylamine groups is 2. The third-order valence-corrected chi connectivity index (χ3v) is 3.36. The van der Waals surface area contributed by atoms with Crippen LogP contribution in [-0.2, 0) is 4.84 Å². The van der Waals surface area contributed by atoms with Gasteiger partial charge < -0.3 is 5.73 Å². The van der Waals surface area contributed by atoms with Gasteiger partial charge in [0, 0.05) is 13.1 Å². The lowest BCUT2D eigenvalue weighted by molar-refractivity contribution is -0.160. The molecular weight excluding hydrogens is 236 g/mol. The van der Waals surface area contributed by atoms with Crippen molar-refractivity contribution in [2.45, 2.75) is 78.1 Å². The van der Waals surface area contributed by atoms with Crippen LogP contribution in [0.25, 0.3) is 0 Å². The summed E-state index contributed by atoms with van der Waals surface area (Å²) in [6, 6.07) is 0. The maximum Gasteiger partial charge on any atom is 0.0685 e. The van der Waals surface area contributed by atoms with Crippen molar-refractivity contribution in [1.29, 1.82) is 0 Å². The van der Waals surface area contributed by atoms with E-state index < -0.39 is 0 Å². The fourth-order valence-corrected chi connectivity index (χ4v) is 2.19. The normalized spacial score (nSPS) is 11.4. The number of unbranched alkanes of at least 4 members (excludes halogenated alkanes) is 7. The molecule has 0 aromatic heterocycles. The number of nitrogens with zero attached hydrogens (tertiary/aromatic N) is 1. The highest BCUT2D eigenvalue weighted by Crippen LogP contribution is 2.08. The van der Waals surface area contributed by atoms with Gasteiger partial charge in [0.2, 0.25) is 0 Å². The molecule has 0 radical (unpaired) electrons. The maximum absolute atomic E-state index is 5.81. The second kappa shape index (κ2) is 15.9. The molecule has 0 aliphatic heterocycles. The molecule has 116 valence electrons. The molecule has 0 atom stereocenters. The number of nitrogens with two attached hydrogens (primary N) is 1. The first-order chi connectivity index (χ1) is 9.35. The zero-order chi connectivity index (χ0) is 14.2. The third kappa shape index (κ3) is 14.1. The molecule has 19 heavy (non-hydrogen) atoms. The maximum atomic E-state index is 5.81. The van der Waals surface area contributed by atoms with Crippen molar-refractivity contribution >= 4 is 0 Å². The van der Waals surface area contributed by atoms with Crippen LogP contribution in [0, 0.1) is 0 Å². The Hall–Kier alpha value is -0.120. The summed E-state index contributed by atoms with van der Waals surface area (Å²) in [6.45, 7) is 8.08. The lowest BCUT2D eigenvalue weighted by atomic mass is 10.1. The molecule has 0 amide bonds. The van der Waals surface area contributed by atoms with E-state index in [1.165, 1.54) is 51.4 Å². The lowest BCUT2D eigenvalue weighted by Gasteiger charge is -2.20. The van der Waals surface area contributed by atoms with E-state index in [1.54, 1.807) is 0 Å². The van der Waals surface area contributed by atoms with E-state index in [1.807, 2.05) is 0 Å². The van der Waals surface area contributed by atoms with E-state index in [0.717, 1.165) is 39.1 Å². The minimum absolute atomic E-state index is 0.751. The molecule has 3 nitrogen and oxygen atoms in total. The molecule has 0 aliphatic rings. The Bertz CT molecular complexity index is 165. The summed E-state index contributed by atoms with van der Waals surface area (Å²) < 4.78 is 0. The van der Waals surface area contributed by atoms with Crippen molar-refractivity contribution < 1.29 is 4.84 Å². The molecule has 0 heterocycles. The molecular formula is C16H36N2O. The van der Waals surface area contributed by atoms with E-state index >= 15 is 0 Å². The van der Waals surface area contributed by atoms with Gasteiger partial charge in [-0.2, -0.15) is 5.06 Å². The Morgan fingerprint density at radius 2 is 1.37 bits per heavy atom. The van der Waals surface area contributed by atoms with E-state index in [2.05, 4.69) is 18.9 Å². The first-order valence-corrected chi connectivity index (χ1v) is 8.43. The van der Waals surface area contributed by atoms with Gasteiger partial charge in [-0.15, -0.1) is 0 Å². The van der Waals surface area contributed by atoms with Crippen LogP contribution < -0.4 is 5.73 Å². The fourth-order valence-electron chi connectivity index (χ4n) is 2.19. The molecule has 3 heteroatoms. The SMILES string of the molecule is CCCCCCCCCCON(CCC)CCCN. The van der Waals surface area contributed by atoms with E-state index in [-0.39, 0.29) is 0 Å². The number of hydrogen-bond acceptors (Lipinski definition) is 3. The van der Waals surface area contributed by atoms with Gasteiger partial charge in [-0.3, -0.25) is 4.84 Å². The van der Waals surface area contributed by atoms with Gasteiger partial charge in [-0.1, -0.05) is 58.8 Å². The first kappa shape index (κ1) is 18.9. The average molecular weight is 272 g/mol. The highest BCUT2D eigenvalue weighted by atomic mass is 16.7. The Morgan fingerprint density at radius 3 is 1.95 bits per heavy atom. The minimum Gasteiger partial charge on any atom is -0.330 e. The third-order valence-electron chi connectivity index (χ3n) is 3.36. The van der Waals surface area contributed by atoms with Crippen molar-refractivity contribution in [1.82, 2.24) is 5.06 Å². The summed E-state index contributed by atoms with van der Waals surface area (Å²) >= 11 is 0. The van der Waals surface area contributed by atoms with Crippen molar-refractivity contribution in [3.8, 4) is 0 Å².